The molecule has 2 amide bonds. The van der Waals surface area contributed by atoms with Gasteiger partial charge in [0.25, 0.3) is 0 Å². The molecule has 28 heavy (non-hydrogen) atoms. The Labute approximate surface area is 165 Å². The summed E-state index contributed by atoms with van der Waals surface area (Å²) < 4.78 is 5.38. The lowest BCUT2D eigenvalue weighted by atomic mass is 10.0. The van der Waals surface area contributed by atoms with E-state index in [1.807, 2.05) is 64.4 Å². The molecule has 1 atom stereocenters. The summed E-state index contributed by atoms with van der Waals surface area (Å²) in [4.78, 5) is 28.8. The number of carbonyl (C=O) groups excluding carboxylic acids is 2. The van der Waals surface area contributed by atoms with Crippen molar-refractivity contribution in [2.24, 2.45) is 0 Å². The minimum atomic E-state index is -0.460. The van der Waals surface area contributed by atoms with Gasteiger partial charge in [-0.3, -0.25) is 9.59 Å². The number of nitrogens with one attached hydrogen (secondary N) is 1. The average molecular weight is 379 g/mol. The standard InChI is InChI=1S/C22H25N3O3/c26-20-7-4-12-25(20)19-10-8-18(9-11-19)23-21(17-5-2-1-3-6-17)22(27)24-13-15-28-16-14-24/h1-3,5-6,8-11,21,23H,4,7,12-16H2/t21-/m0/s1. The molecule has 6 heteroatoms. The van der Waals surface area contributed by atoms with Crippen molar-refractivity contribution >= 4 is 23.2 Å². The van der Waals surface area contributed by atoms with Crippen LogP contribution in [-0.4, -0.2) is 49.6 Å². The number of carbonyl (C=O) groups is 2. The zero-order chi connectivity index (χ0) is 19.3. The quantitative estimate of drug-likeness (QED) is 0.868. The molecule has 2 aromatic rings. The van der Waals surface area contributed by atoms with E-state index in [1.165, 1.54) is 0 Å². The van der Waals surface area contributed by atoms with Crippen molar-refractivity contribution < 1.29 is 14.3 Å². The number of rotatable bonds is 5. The summed E-state index contributed by atoms with van der Waals surface area (Å²) >= 11 is 0. The molecule has 2 aliphatic rings. The van der Waals surface area contributed by atoms with E-state index in [0.717, 1.165) is 29.9 Å². The lowest BCUT2D eigenvalue weighted by molar-refractivity contribution is -0.136. The number of nitrogens with zero attached hydrogens (tertiary/aromatic N) is 2. The Balaban J connectivity index is 1.53. The SMILES string of the molecule is O=C([C@@H](Nc1ccc(N2CCCC2=O)cc1)c1ccccc1)N1CCOCC1. The molecule has 6 nitrogen and oxygen atoms in total. The second-order valence-electron chi connectivity index (χ2n) is 7.12. The van der Waals surface area contributed by atoms with E-state index in [1.54, 1.807) is 0 Å². The molecule has 0 saturated carbocycles. The number of anilines is 2. The van der Waals surface area contributed by atoms with Crippen molar-refractivity contribution in [2.75, 3.05) is 43.1 Å². The van der Waals surface area contributed by atoms with E-state index in [0.29, 0.717) is 32.7 Å². The molecule has 2 fully saturated rings. The molecule has 2 aromatic carbocycles. The normalized spacial score (nSPS) is 18.2. The van der Waals surface area contributed by atoms with Crippen molar-refractivity contribution in [2.45, 2.75) is 18.9 Å². The zero-order valence-corrected chi connectivity index (χ0v) is 15.8. The van der Waals surface area contributed by atoms with Crippen LogP contribution >= 0.6 is 0 Å². The second kappa shape index (κ2) is 8.44. The fourth-order valence-corrected chi connectivity index (χ4v) is 3.72. The molecule has 0 spiro atoms. The summed E-state index contributed by atoms with van der Waals surface area (Å²) in [6.07, 6.45) is 1.52. The molecule has 0 unspecified atom stereocenters. The first kappa shape index (κ1) is 18.5. The van der Waals surface area contributed by atoms with Crippen molar-refractivity contribution in [3.05, 3.63) is 60.2 Å². The number of hydrogen-bond donors (Lipinski definition) is 1. The van der Waals surface area contributed by atoms with Crippen molar-refractivity contribution in [1.29, 1.82) is 0 Å². The summed E-state index contributed by atoms with van der Waals surface area (Å²) in [7, 11) is 0. The van der Waals surface area contributed by atoms with Gasteiger partial charge in [0.2, 0.25) is 11.8 Å². The van der Waals surface area contributed by atoms with E-state index < -0.39 is 6.04 Å². The summed E-state index contributed by atoms with van der Waals surface area (Å²) in [6.45, 7) is 3.14. The van der Waals surface area contributed by atoms with Gasteiger partial charge < -0.3 is 19.9 Å². The van der Waals surface area contributed by atoms with Crippen molar-refractivity contribution in [3.63, 3.8) is 0 Å². The molecule has 2 saturated heterocycles. The van der Waals surface area contributed by atoms with Gasteiger partial charge in [0.05, 0.1) is 13.2 Å². The van der Waals surface area contributed by atoms with Gasteiger partial charge >= 0.3 is 0 Å². The van der Waals surface area contributed by atoms with Crippen LogP contribution in [0.15, 0.2) is 54.6 Å². The molecule has 0 aliphatic carbocycles. The predicted molar refractivity (Wildman–Crippen MR) is 108 cm³/mol. The van der Waals surface area contributed by atoms with Gasteiger partial charge in [0, 0.05) is 37.4 Å². The topological polar surface area (TPSA) is 61.9 Å². The van der Waals surface area contributed by atoms with Crippen LogP contribution in [0, 0.1) is 0 Å². The fraction of sp³-hybridized carbons (Fsp3) is 0.364. The second-order valence-corrected chi connectivity index (χ2v) is 7.12. The molecule has 4 rings (SSSR count). The van der Waals surface area contributed by atoms with Crippen LogP contribution < -0.4 is 10.2 Å². The van der Waals surface area contributed by atoms with Gasteiger partial charge in [0.1, 0.15) is 6.04 Å². The first-order chi connectivity index (χ1) is 13.7. The minimum absolute atomic E-state index is 0.0493. The van der Waals surface area contributed by atoms with E-state index >= 15 is 0 Å². The number of ether oxygens (including phenoxy) is 1. The van der Waals surface area contributed by atoms with Crippen LogP contribution in [-0.2, 0) is 14.3 Å². The monoisotopic (exact) mass is 379 g/mol. The smallest absolute Gasteiger partial charge is 0.249 e. The summed E-state index contributed by atoms with van der Waals surface area (Å²) in [5, 5.41) is 3.39. The van der Waals surface area contributed by atoms with E-state index in [2.05, 4.69) is 5.32 Å². The maximum Gasteiger partial charge on any atom is 0.249 e. The third kappa shape index (κ3) is 4.02. The fourth-order valence-electron chi connectivity index (χ4n) is 3.72. The van der Waals surface area contributed by atoms with Crippen LogP contribution in [0.3, 0.4) is 0 Å². The summed E-state index contributed by atoms with van der Waals surface area (Å²) in [5.41, 5.74) is 2.69. The van der Waals surface area contributed by atoms with Crippen LogP contribution in [0.1, 0.15) is 24.4 Å². The Bertz CT molecular complexity index is 817. The predicted octanol–water partition coefficient (Wildman–Crippen LogP) is 2.83. The molecule has 0 aromatic heterocycles. The number of amides is 2. The third-order valence-electron chi connectivity index (χ3n) is 5.27. The van der Waals surface area contributed by atoms with Crippen LogP contribution in [0.4, 0.5) is 11.4 Å². The highest BCUT2D eigenvalue weighted by Crippen LogP contribution is 2.26. The molecular formula is C22H25N3O3. The highest BCUT2D eigenvalue weighted by Gasteiger charge is 2.27. The molecule has 0 bridgehead atoms. The summed E-state index contributed by atoms with van der Waals surface area (Å²) in [5.74, 6) is 0.221. The maximum absolute atomic E-state index is 13.2. The molecule has 2 aliphatic heterocycles. The number of hydrogen-bond acceptors (Lipinski definition) is 4. The van der Waals surface area contributed by atoms with Gasteiger partial charge in [0.15, 0.2) is 0 Å². The van der Waals surface area contributed by atoms with Crippen molar-refractivity contribution in [3.8, 4) is 0 Å². The highest BCUT2D eigenvalue weighted by atomic mass is 16.5. The average Bonchev–Trinajstić information content (AvgIpc) is 3.19. The number of benzene rings is 2. The van der Waals surface area contributed by atoms with Crippen LogP contribution in [0.2, 0.25) is 0 Å². The Morgan fingerprint density at radius 1 is 0.964 bits per heavy atom. The first-order valence-electron chi connectivity index (χ1n) is 9.81. The lowest BCUT2D eigenvalue weighted by Gasteiger charge is -2.31. The summed E-state index contributed by atoms with van der Waals surface area (Å²) in [6, 6.07) is 17.0. The van der Waals surface area contributed by atoms with Gasteiger partial charge in [-0.25, -0.2) is 0 Å². The van der Waals surface area contributed by atoms with Gasteiger partial charge in [-0.1, -0.05) is 30.3 Å². The van der Waals surface area contributed by atoms with Crippen LogP contribution in [0.25, 0.3) is 0 Å². The molecule has 0 radical (unpaired) electrons. The third-order valence-corrected chi connectivity index (χ3v) is 5.27. The largest absolute Gasteiger partial charge is 0.378 e. The lowest BCUT2D eigenvalue weighted by Crippen LogP contribution is -2.44. The van der Waals surface area contributed by atoms with E-state index in [4.69, 9.17) is 4.74 Å². The van der Waals surface area contributed by atoms with Gasteiger partial charge in [-0.15, -0.1) is 0 Å². The molecule has 146 valence electrons. The zero-order valence-electron chi connectivity index (χ0n) is 15.8. The molecule has 1 N–H and O–H groups in total. The Hall–Kier alpha value is -2.86. The molecule has 2 heterocycles. The highest BCUT2D eigenvalue weighted by molar-refractivity contribution is 5.95. The minimum Gasteiger partial charge on any atom is -0.378 e. The van der Waals surface area contributed by atoms with E-state index in [-0.39, 0.29) is 11.8 Å². The first-order valence-corrected chi connectivity index (χ1v) is 9.81. The Morgan fingerprint density at radius 2 is 1.68 bits per heavy atom. The number of morpholine rings is 1. The van der Waals surface area contributed by atoms with Crippen LogP contribution in [0.5, 0.6) is 0 Å². The Kier molecular flexibility index (Phi) is 5.58. The van der Waals surface area contributed by atoms with Gasteiger partial charge in [-0.05, 0) is 36.2 Å². The Morgan fingerprint density at radius 3 is 2.32 bits per heavy atom. The molecular weight excluding hydrogens is 354 g/mol. The van der Waals surface area contributed by atoms with E-state index in [9.17, 15) is 9.59 Å². The maximum atomic E-state index is 13.2. The van der Waals surface area contributed by atoms with Crippen molar-refractivity contribution in [1.82, 2.24) is 4.90 Å². The van der Waals surface area contributed by atoms with Gasteiger partial charge in [-0.2, -0.15) is 0 Å².